The number of ether oxygens (including phenoxy) is 1. The van der Waals surface area contributed by atoms with Crippen molar-refractivity contribution in [3.63, 3.8) is 0 Å². The van der Waals surface area contributed by atoms with Crippen molar-refractivity contribution in [1.29, 1.82) is 0 Å². The molecular formula is C25H34ClN5O3. The fourth-order valence-corrected chi connectivity index (χ4v) is 5.10. The van der Waals surface area contributed by atoms with E-state index in [1.54, 1.807) is 19.2 Å². The quantitative estimate of drug-likeness (QED) is 0.588. The lowest BCUT2D eigenvalue weighted by molar-refractivity contribution is -0.131. The van der Waals surface area contributed by atoms with E-state index in [0.29, 0.717) is 62.4 Å². The standard InChI is InChI=1S/C25H34ClN5O3/c1-3-29-11-4-5-20(29)16-27-25(33)24-21-17-30(12-10-22(21)31(28-24)13-14-34-2)23(32)15-18-6-8-19(26)9-7-18/h6-9,20H,3-5,10-17H2,1-2H3,(H,27,33). The minimum absolute atomic E-state index is 0.0357. The predicted octanol–water partition coefficient (Wildman–Crippen LogP) is 2.52. The summed E-state index contributed by atoms with van der Waals surface area (Å²) < 4.78 is 7.12. The maximum atomic E-state index is 13.2. The number of likely N-dealkylation sites (N-methyl/N-ethyl adjacent to an activating group) is 1. The van der Waals surface area contributed by atoms with Crippen LogP contribution in [0.25, 0.3) is 0 Å². The summed E-state index contributed by atoms with van der Waals surface area (Å²) >= 11 is 5.97. The summed E-state index contributed by atoms with van der Waals surface area (Å²) in [6.45, 7) is 6.94. The number of hydrogen-bond acceptors (Lipinski definition) is 5. The molecule has 9 heteroatoms. The van der Waals surface area contributed by atoms with E-state index in [2.05, 4.69) is 22.2 Å². The first-order chi connectivity index (χ1) is 16.5. The van der Waals surface area contributed by atoms with Gasteiger partial charge in [0.25, 0.3) is 5.91 Å². The van der Waals surface area contributed by atoms with Gasteiger partial charge in [-0.25, -0.2) is 0 Å². The molecule has 184 valence electrons. The first kappa shape index (κ1) is 24.7. The molecule has 1 fully saturated rings. The average molecular weight is 488 g/mol. The van der Waals surface area contributed by atoms with Gasteiger partial charge in [-0.3, -0.25) is 19.2 Å². The number of methoxy groups -OCH3 is 1. The molecule has 2 aromatic rings. The Labute approximate surface area is 206 Å². The van der Waals surface area contributed by atoms with E-state index in [9.17, 15) is 9.59 Å². The molecule has 2 aliphatic rings. The minimum Gasteiger partial charge on any atom is -0.383 e. The van der Waals surface area contributed by atoms with Crippen LogP contribution in [0.3, 0.4) is 0 Å². The van der Waals surface area contributed by atoms with Gasteiger partial charge < -0.3 is 15.0 Å². The molecule has 8 nitrogen and oxygen atoms in total. The van der Waals surface area contributed by atoms with Crippen LogP contribution in [-0.2, 0) is 35.5 Å². The van der Waals surface area contributed by atoms with Crippen LogP contribution in [0.5, 0.6) is 0 Å². The van der Waals surface area contributed by atoms with Crippen LogP contribution < -0.4 is 5.32 Å². The van der Waals surface area contributed by atoms with E-state index in [0.717, 1.165) is 36.3 Å². The zero-order valence-corrected chi connectivity index (χ0v) is 20.8. The third-order valence-electron chi connectivity index (χ3n) is 6.88. The maximum absolute atomic E-state index is 13.2. The average Bonchev–Trinajstić information content (AvgIpc) is 3.46. The number of carbonyl (C=O) groups excluding carboxylic acids is 2. The molecule has 34 heavy (non-hydrogen) atoms. The van der Waals surface area contributed by atoms with Gasteiger partial charge in [0.2, 0.25) is 5.91 Å². The van der Waals surface area contributed by atoms with E-state index in [1.165, 1.54) is 6.42 Å². The van der Waals surface area contributed by atoms with Crippen LogP contribution in [0.1, 0.15) is 47.1 Å². The molecule has 0 bridgehead atoms. The number of benzene rings is 1. The number of rotatable bonds is 9. The fraction of sp³-hybridized carbons (Fsp3) is 0.560. The first-order valence-corrected chi connectivity index (χ1v) is 12.5. The third-order valence-corrected chi connectivity index (χ3v) is 7.13. The highest BCUT2D eigenvalue weighted by molar-refractivity contribution is 6.30. The van der Waals surface area contributed by atoms with Crippen LogP contribution in [-0.4, -0.2) is 77.3 Å². The van der Waals surface area contributed by atoms with Gasteiger partial charge in [-0.05, 0) is 43.6 Å². The lowest BCUT2D eigenvalue weighted by atomic mass is 10.0. The Kier molecular flexibility index (Phi) is 8.24. The fourth-order valence-electron chi connectivity index (χ4n) is 4.97. The molecule has 0 spiro atoms. The summed E-state index contributed by atoms with van der Waals surface area (Å²) in [7, 11) is 1.65. The normalized spacial score (nSPS) is 18.2. The van der Waals surface area contributed by atoms with Crippen molar-refractivity contribution in [3.8, 4) is 0 Å². The lowest BCUT2D eigenvalue weighted by Gasteiger charge is -2.28. The van der Waals surface area contributed by atoms with Gasteiger partial charge in [0.15, 0.2) is 5.69 Å². The van der Waals surface area contributed by atoms with Gasteiger partial charge in [-0.15, -0.1) is 0 Å². The van der Waals surface area contributed by atoms with Crippen LogP contribution in [0, 0.1) is 0 Å². The van der Waals surface area contributed by atoms with E-state index >= 15 is 0 Å². The number of nitrogens with zero attached hydrogens (tertiary/aromatic N) is 4. The second-order valence-corrected chi connectivity index (χ2v) is 9.43. The van der Waals surface area contributed by atoms with E-state index in [4.69, 9.17) is 16.3 Å². The van der Waals surface area contributed by atoms with Gasteiger partial charge in [-0.1, -0.05) is 30.7 Å². The maximum Gasteiger partial charge on any atom is 0.272 e. The topological polar surface area (TPSA) is 79.7 Å². The molecule has 4 rings (SSSR count). The SMILES string of the molecule is CCN1CCCC1CNC(=O)c1nn(CCOC)c2c1CN(C(=O)Cc1ccc(Cl)cc1)CC2. The van der Waals surface area contributed by atoms with E-state index in [1.807, 2.05) is 21.7 Å². The van der Waals surface area contributed by atoms with Crippen LogP contribution in [0.4, 0.5) is 0 Å². The largest absolute Gasteiger partial charge is 0.383 e. The highest BCUT2D eigenvalue weighted by atomic mass is 35.5. The number of carbonyl (C=O) groups is 2. The first-order valence-electron chi connectivity index (χ1n) is 12.1. The number of halogens is 1. The molecule has 1 unspecified atom stereocenters. The number of fused-ring (bicyclic) bond motifs is 1. The number of hydrogen-bond donors (Lipinski definition) is 1. The Balaban J connectivity index is 1.48. The van der Waals surface area contributed by atoms with E-state index < -0.39 is 0 Å². The Morgan fingerprint density at radius 3 is 2.76 bits per heavy atom. The Bertz CT molecular complexity index is 1010. The zero-order valence-electron chi connectivity index (χ0n) is 20.1. The van der Waals surface area contributed by atoms with Gasteiger partial charge in [-0.2, -0.15) is 5.10 Å². The summed E-state index contributed by atoms with van der Waals surface area (Å²) in [6.07, 6.45) is 3.24. The molecule has 1 N–H and O–H groups in total. The predicted molar refractivity (Wildman–Crippen MR) is 131 cm³/mol. The summed E-state index contributed by atoms with van der Waals surface area (Å²) in [6, 6.07) is 7.72. The molecule has 2 aliphatic heterocycles. The van der Waals surface area contributed by atoms with Crippen LogP contribution in [0.2, 0.25) is 5.02 Å². The van der Waals surface area contributed by atoms with Gasteiger partial charge in [0.1, 0.15) is 0 Å². The summed E-state index contributed by atoms with van der Waals surface area (Å²) in [4.78, 5) is 30.5. The molecule has 3 heterocycles. The zero-order chi connectivity index (χ0) is 24.1. The molecular weight excluding hydrogens is 454 g/mol. The van der Waals surface area contributed by atoms with Crippen molar-refractivity contribution in [1.82, 2.24) is 24.9 Å². The van der Waals surface area contributed by atoms with Gasteiger partial charge >= 0.3 is 0 Å². The number of likely N-dealkylation sites (tertiary alicyclic amines) is 1. The minimum atomic E-state index is -0.164. The second kappa shape index (κ2) is 11.3. The van der Waals surface area contributed by atoms with Crippen LogP contribution in [0.15, 0.2) is 24.3 Å². The van der Waals surface area contributed by atoms with E-state index in [-0.39, 0.29) is 11.8 Å². The second-order valence-electron chi connectivity index (χ2n) is 8.99. The van der Waals surface area contributed by atoms with Crippen molar-refractivity contribution in [2.75, 3.05) is 39.9 Å². The molecule has 1 aromatic carbocycles. The van der Waals surface area contributed by atoms with Crippen molar-refractivity contribution >= 4 is 23.4 Å². The highest BCUT2D eigenvalue weighted by Gasteiger charge is 2.31. The Morgan fingerprint density at radius 1 is 1.24 bits per heavy atom. The third kappa shape index (κ3) is 5.62. The summed E-state index contributed by atoms with van der Waals surface area (Å²) in [5.41, 5.74) is 3.22. The number of amides is 2. The number of nitrogens with one attached hydrogen (secondary N) is 1. The molecule has 1 atom stereocenters. The Hall–Kier alpha value is -2.42. The molecule has 0 saturated carbocycles. The van der Waals surface area contributed by atoms with Gasteiger partial charge in [0.05, 0.1) is 19.6 Å². The lowest BCUT2D eigenvalue weighted by Crippen LogP contribution is -2.41. The molecule has 0 aliphatic carbocycles. The summed E-state index contributed by atoms with van der Waals surface area (Å²) in [5.74, 6) is -0.129. The number of aromatic nitrogens is 2. The molecule has 2 amide bonds. The van der Waals surface area contributed by atoms with Crippen molar-refractivity contribution < 1.29 is 14.3 Å². The molecule has 1 aromatic heterocycles. The van der Waals surface area contributed by atoms with Crippen molar-refractivity contribution in [2.24, 2.45) is 0 Å². The monoisotopic (exact) mass is 487 g/mol. The highest BCUT2D eigenvalue weighted by Crippen LogP contribution is 2.24. The molecule has 0 radical (unpaired) electrons. The summed E-state index contributed by atoms with van der Waals surface area (Å²) in [5, 5.41) is 8.42. The smallest absolute Gasteiger partial charge is 0.272 e. The van der Waals surface area contributed by atoms with Crippen molar-refractivity contribution in [3.05, 3.63) is 51.8 Å². The Morgan fingerprint density at radius 2 is 2.03 bits per heavy atom. The van der Waals surface area contributed by atoms with Crippen molar-refractivity contribution in [2.45, 2.75) is 51.7 Å². The molecule has 1 saturated heterocycles. The van der Waals surface area contributed by atoms with Gasteiger partial charge in [0, 0.05) is 55.5 Å². The van der Waals surface area contributed by atoms with Crippen LogP contribution >= 0.6 is 11.6 Å².